The molecule has 74 valence electrons. The van der Waals surface area contributed by atoms with E-state index in [4.69, 9.17) is 34.0 Å². The zero-order valence-corrected chi connectivity index (χ0v) is 8.51. The molecule has 0 saturated heterocycles. The summed E-state index contributed by atoms with van der Waals surface area (Å²) in [5.41, 5.74) is 6.48. The molecule has 0 aliphatic carbocycles. The van der Waals surface area contributed by atoms with Gasteiger partial charge in [-0.3, -0.25) is 0 Å². The first-order valence-corrected chi connectivity index (χ1v) is 4.42. The van der Waals surface area contributed by atoms with E-state index in [1.807, 2.05) is 0 Å². The van der Waals surface area contributed by atoms with Crippen molar-refractivity contribution in [3.63, 3.8) is 0 Å². The highest BCUT2D eigenvalue weighted by Gasteiger charge is 2.05. The molecule has 14 heavy (non-hydrogen) atoms. The number of anilines is 1. The summed E-state index contributed by atoms with van der Waals surface area (Å²) in [6, 6.07) is 4.75. The van der Waals surface area contributed by atoms with E-state index in [1.165, 1.54) is 6.08 Å². The lowest BCUT2D eigenvalue weighted by Crippen LogP contribution is -1.94. The van der Waals surface area contributed by atoms with Crippen molar-refractivity contribution in [1.29, 1.82) is 0 Å². The molecule has 0 unspecified atom stereocenters. The Morgan fingerprint density at radius 1 is 1.50 bits per heavy atom. The maximum Gasteiger partial charge on any atom is 0.347 e. The van der Waals surface area contributed by atoms with Crippen molar-refractivity contribution in [3.8, 4) is 0 Å². The molecule has 0 aliphatic heterocycles. The van der Waals surface area contributed by atoms with Gasteiger partial charge in [0.25, 0.3) is 0 Å². The molecule has 1 rings (SSSR count). The highest BCUT2D eigenvalue weighted by Crippen LogP contribution is 2.22. The quantitative estimate of drug-likeness (QED) is 0.608. The van der Waals surface area contributed by atoms with Gasteiger partial charge in [-0.05, 0) is 29.8 Å². The van der Waals surface area contributed by atoms with Crippen molar-refractivity contribution in [2.75, 3.05) is 5.73 Å². The minimum Gasteiger partial charge on any atom is -0.477 e. The van der Waals surface area contributed by atoms with Crippen LogP contribution in [-0.4, -0.2) is 11.1 Å². The second-order valence-corrected chi connectivity index (χ2v) is 3.39. The number of nitrogens with two attached hydrogens (primary N) is 1. The normalized spacial score (nSPS) is 11.4. The van der Waals surface area contributed by atoms with Gasteiger partial charge in [-0.2, -0.15) is 0 Å². The van der Waals surface area contributed by atoms with Crippen LogP contribution < -0.4 is 5.73 Å². The Morgan fingerprint density at radius 2 is 2.14 bits per heavy atom. The van der Waals surface area contributed by atoms with Gasteiger partial charge >= 0.3 is 5.97 Å². The fourth-order valence-electron chi connectivity index (χ4n) is 0.871. The van der Waals surface area contributed by atoms with Crippen molar-refractivity contribution in [3.05, 3.63) is 33.8 Å². The molecule has 3 N–H and O–H groups in total. The molecule has 0 aliphatic rings. The maximum absolute atomic E-state index is 10.4. The van der Waals surface area contributed by atoms with Crippen molar-refractivity contribution >= 4 is 40.9 Å². The van der Waals surface area contributed by atoms with Crippen LogP contribution in [0.4, 0.5) is 5.69 Å². The maximum atomic E-state index is 10.4. The first kappa shape index (κ1) is 10.9. The van der Waals surface area contributed by atoms with Crippen LogP contribution in [0, 0.1) is 0 Å². The average molecular weight is 232 g/mol. The number of carbonyl (C=O) groups is 1. The van der Waals surface area contributed by atoms with Crippen molar-refractivity contribution in [2.45, 2.75) is 0 Å². The number of halogens is 2. The summed E-state index contributed by atoms with van der Waals surface area (Å²) in [5.74, 6) is -1.20. The van der Waals surface area contributed by atoms with E-state index in [1.54, 1.807) is 18.2 Å². The zero-order valence-electron chi connectivity index (χ0n) is 7.00. The SMILES string of the molecule is Nc1ccc(Cl)c(/C=C(\Cl)C(=O)O)c1. The van der Waals surface area contributed by atoms with E-state index in [0.29, 0.717) is 16.3 Å². The van der Waals surface area contributed by atoms with Crippen LogP contribution in [0.1, 0.15) is 5.56 Å². The van der Waals surface area contributed by atoms with E-state index in [0.717, 1.165) is 0 Å². The number of carboxylic acid groups (broad SMARTS) is 1. The molecule has 0 saturated carbocycles. The molecule has 0 atom stereocenters. The third-order valence-corrected chi connectivity index (χ3v) is 2.12. The number of rotatable bonds is 2. The molecule has 0 amide bonds. The van der Waals surface area contributed by atoms with Gasteiger partial charge in [0, 0.05) is 10.7 Å². The lowest BCUT2D eigenvalue weighted by Gasteiger charge is -2.00. The van der Waals surface area contributed by atoms with Gasteiger partial charge in [0.1, 0.15) is 5.03 Å². The molecule has 0 aromatic heterocycles. The smallest absolute Gasteiger partial charge is 0.347 e. The van der Waals surface area contributed by atoms with Crippen LogP contribution in [0.25, 0.3) is 6.08 Å². The van der Waals surface area contributed by atoms with Gasteiger partial charge in [0.15, 0.2) is 0 Å². The minimum absolute atomic E-state index is 0.308. The molecule has 0 spiro atoms. The Morgan fingerprint density at radius 3 is 2.71 bits per heavy atom. The first-order valence-electron chi connectivity index (χ1n) is 3.66. The van der Waals surface area contributed by atoms with Crippen LogP contribution in [0.5, 0.6) is 0 Å². The standard InChI is InChI=1S/C9H7Cl2NO2/c10-7-2-1-6(12)3-5(7)4-8(11)9(13)14/h1-4H,12H2,(H,13,14)/b8-4-. The van der Waals surface area contributed by atoms with Crippen LogP contribution >= 0.6 is 23.2 Å². The number of aliphatic carboxylic acids is 1. The molecule has 3 nitrogen and oxygen atoms in total. The summed E-state index contributed by atoms with van der Waals surface area (Å²) in [6.07, 6.45) is 1.25. The fraction of sp³-hybridized carbons (Fsp3) is 0. The average Bonchev–Trinajstić information content (AvgIpc) is 2.11. The number of nitrogen functional groups attached to an aromatic ring is 1. The van der Waals surface area contributed by atoms with Gasteiger partial charge in [-0.15, -0.1) is 0 Å². The van der Waals surface area contributed by atoms with E-state index < -0.39 is 5.97 Å². The van der Waals surface area contributed by atoms with Gasteiger partial charge in [0.05, 0.1) is 0 Å². The Balaban J connectivity index is 3.13. The second kappa shape index (κ2) is 4.35. The first-order chi connectivity index (χ1) is 6.50. The third kappa shape index (κ3) is 2.65. The molecule has 0 radical (unpaired) electrons. The van der Waals surface area contributed by atoms with Crippen LogP contribution in [0.15, 0.2) is 23.2 Å². The molecule has 1 aromatic rings. The summed E-state index contributed by atoms with van der Waals surface area (Å²) < 4.78 is 0. The summed E-state index contributed by atoms with van der Waals surface area (Å²) >= 11 is 11.2. The van der Waals surface area contributed by atoms with Crippen molar-refractivity contribution in [1.82, 2.24) is 0 Å². The third-order valence-electron chi connectivity index (χ3n) is 1.51. The van der Waals surface area contributed by atoms with Crippen LogP contribution in [-0.2, 0) is 4.79 Å². The van der Waals surface area contributed by atoms with Crippen molar-refractivity contribution < 1.29 is 9.90 Å². The van der Waals surface area contributed by atoms with Gasteiger partial charge in [-0.25, -0.2) is 4.79 Å². The van der Waals surface area contributed by atoms with E-state index in [-0.39, 0.29) is 5.03 Å². The molecular weight excluding hydrogens is 225 g/mol. The zero-order chi connectivity index (χ0) is 10.7. The lowest BCUT2D eigenvalue weighted by molar-refractivity contribution is -0.131. The number of hydrogen-bond donors (Lipinski definition) is 2. The summed E-state index contributed by atoms with van der Waals surface area (Å²) in [7, 11) is 0. The minimum atomic E-state index is -1.20. The molecule has 0 fully saturated rings. The Kier molecular flexibility index (Phi) is 3.38. The predicted octanol–water partition coefficient (Wildman–Crippen LogP) is 2.59. The molecule has 0 heterocycles. The lowest BCUT2D eigenvalue weighted by atomic mass is 10.2. The highest BCUT2D eigenvalue weighted by molar-refractivity contribution is 6.43. The number of carboxylic acids is 1. The molecule has 1 aromatic carbocycles. The summed E-state index contributed by atoms with van der Waals surface area (Å²) in [5, 5.41) is 8.62. The predicted molar refractivity (Wildman–Crippen MR) is 57.3 cm³/mol. The van der Waals surface area contributed by atoms with Gasteiger partial charge in [-0.1, -0.05) is 23.2 Å². The Hall–Kier alpha value is -1.19. The Labute approximate surface area is 90.7 Å². The number of benzene rings is 1. The monoisotopic (exact) mass is 231 g/mol. The van der Waals surface area contributed by atoms with Crippen LogP contribution in [0.2, 0.25) is 5.02 Å². The van der Waals surface area contributed by atoms with Gasteiger partial charge < -0.3 is 10.8 Å². The van der Waals surface area contributed by atoms with Crippen molar-refractivity contribution in [2.24, 2.45) is 0 Å². The van der Waals surface area contributed by atoms with Crippen LogP contribution in [0.3, 0.4) is 0 Å². The molecular formula is C9H7Cl2NO2. The number of hydrogen-bond acceptors (Lipinski definition) is 2. The highest BCUT2D eigenvalue weighted by atomic mass is 35.5. The summed E-state index contributed by atoms with van der Waals surface area (Å²) in [4.78, 5) is 10.4. The molecule has 5 heteroatoms. The Bertz CT molecular complexity index is 402. The molecule has 0 bridgehead atoms. The second-order valence-electron chi connectivity index (χ2n) is 2.58. The van der Waals surface area contributed by atoms with E-state index in [2.05, 4.69) is 0 Å². The fourth-order valence-corrected chi connectivity index (χ4v) is 1.16. The summed E-state index contributed by atoms with van der Waals surface area (Å²) in [6.45, 7) is 0. The van der Waals surface area contributed by atoms with Gasteiger partial charge in [0.2, 0.25) is 0 Å². The van der Waals surface area contributed by atoms with E-state index in [9.17, 15) is 4.79 Å². The van der Waals surface area contributed by atoms with E-state index >= 15 is 0 Å². The topological polar surface area (TPSA) is 63.3 Å². The largest absolute Gasteiger partial charge is 0.477 e.